The fraction of sp³-hybridized carbons (Fsp3) is 0.421. The first-order chi connectivity index (χ1) is 13.3. The summed E-state index contributed by atoms with van der Waals surface area (Å²) in [5, 5.41) is 3.31. The molecule has 9 heteroatoms. The fourth-order valence-corrected chi connectivity index (χ4v) is 3.97. The van der Waals surface area contributed by atoms with Crippen LogP contribution in [0.3, 0.4) is 0 Å². The van der Waals surface area contributed by atoms with Crippen LogP contribution in [0.4, 0.5) is 18.7 Å². The molecule has 6 nitrogen and oxygen atoms in total. The van der Waals surface area contributed by atoms with E-state index in [0.29, 0.717) is 43.0 Å². The second-order valence-corrected chi connectivity index (χ2v) is 8.10. The minimum absolute atomic E-state index is 0.0411. The third-order valence-corrected chi connectivity index (χ3v) is 5.58. The van der Waals surface area contributed by atoms with Gasteiger partial charge in [0.2, 0.25) is 5.91 Å². The molecular formula is C19H22F2N4O2S. The number of carbonyl (C=O) groups is 2. The summed E-state index contributed by atoms with van der Waals surface area (Å²) in [5.74, 6) is -2.02. The highest BCUT2D eigenvalue weighted by Gasteiger charge is 2.28. The van der Waals surface area contributed by atoms with Crippen LogP contribution in [-0.2, 0) is 11.2 Å². The zero-order chi connectivity index (χ0) is 20.3. The molecule has 150 valence electrons. The lowest BCUT2D eigenvalue weighted by Gasteiger charge is -2.32. The van der Waals surface area contributed by atoms with E-state index in [1.807, 2.05) is 0 Å². The monoisotopic (exact) mass is 408 g/mol. The van der Waals surface area contributed by atoms with Crippen molar-refractivity contribution >= 4 is 28.4 Å². The highest BCUT2D eigenvalue weighted by Crippen LogP contribution is 2.24. The molecule has 1 saturated heterocycles. The van der Waals surface area contributed by atoms with Gasteiger partial charge in [0.15, 0.2) is 16.8 Å². The Balaban J connectivity index is 1.53. The third kappa shape index (κ3) is 4.83. The highest BCUT2D eigenvalue weighted by molar-refractivity contribution is 7.15. The van der Waals surface area contributed by atoms with E-state index in [2.05, 4.69) is 10.3 Å². The van der Waals surface area contributed by atoms with Crippen molar-refractivity contribution in [1.82, 2.24) is 14.8 Å². The van der Waals surface area contributed by atoms with Gasteiger partial charge in [-0.05, 0) is 30.5 Å². The predicted octanol–water partition coefficient (Wildman–Crippen LogP) is 3.34. The number of carbonyl (C=O) groups excluding carboxylic acids is 2. The Labute approximate surface area is 166 Å². The van der Waals surface area contributed by atoms with Gasteiger partial charge >= 0.3 is 6.03 Å². The van der Waals surface area contributed by atoms with Gasteiger partial charge in [-0.15, -0.1) is 11.3 Å². The maximum absolute atomic E-state index is 13.3. The van der Waals surface area contributed by atoms with Crippen LogP contribution in [0.15, 0.2) is 24.4 Å². The summed E-state index contributed by atoms with van der Waals surface area (Å²) >= 11 is 1.31. The third-order valence-electron chi connectivity index (χ3n) is 4.66. The number of aromatic nitrogens is 1. The molecule has 2 aromatic rings. The van der Waals surface area contributed by atoms with Gasteiger partial charge in [-0.2, -0.15) is 0 Å². The minimum atomic E-state index is -0.880. The molecule has 1 N–H and O–H groups in total. The van der Waals surface area contributed by atoms with E-state index in [9.17, 15) is 18.4 Å². The molecule has 3 amide bonds. The number of piperidine rings is 1. The van der Waals surface area contributed by atoms with E-state index >= 15 is 0 Å². The van der Waals surface area contributed by atoms with E-state index in [-0.39, 0.29) is 17.9 Å². The number of rotatable bonds is 4. The number of likely N-dealkylation sites (tertiary alicyclic amines) is 1. The summed E-state index contributed by atoms with van der Waals surface area (Å²) in [6.45, 7) is 1.10. The number of nitrogens with one attached hydrogen (secondary N) is 1. The molecule has 3 rings (SSSR count). The van der Waals surface area contributed by atoms with Gasteiger partial charge < -0.3 is 15.1 Å². The average Bonchev–Trinajstić information content (AvgIpc) is 3.11. The molecular weight excluding hydrogens is 386 g/mol. The SMILES string of the molecule is CN(C)C(=O)N1CCC(C(=O)Nc2ncc(Cc3ccc(F)c(F)c3)s2)CC1. The molecule has 1 aromatic carbocycles. The number of hydrogen-bond donors (Lipinski definition) is 1. The molecule has 0 saturated carbocycles. The summed E-state index contributed by atoms with van der Waals surface area (Å²) in [6.07, 6.45) is 3.26. The molecule has 0 radical (unpaired) electrons. The number of halogens is 2. The molecule has 0 atom stereocenters. The number of nitrogens with zero attached hydrogens (tertiary/aromatic N) is 3. The van der Waals surface area contributed by atoms with E-state index in [0.717, 1.165) is 17.0 Å². The molecule has 0 aliphatic carbocycles. The van der Waals surface area contributed by atoms with Crippen LogP contribution in [0.25, 0.3) is 0 Å². The number of benzene rings is 1. The molecule has 1 aromatic heterocycles. The number of thiazole rings is 1. The number of anilines is 1. The van der Waals surface area contributed by atoms with Gasteiger partial charge in [0, 0.05) is 50.6 Å². The van der Waals surface area contributed by atoms with Crippen LogP contribution < -0.4 is 5.32 Å². The van der Waals surface area contributed by atoms with E-state index in [1.165, 1.54) is 22.3 Å². The normalized spacial score (nSPS) is 14.8. The summed E-state index contributed by atoms with van der Waals surface area (Å²) < 4.78 is 26.3. The molecule has 1 aliphatic heterocycles. The summed E-state index contributed by atoms with van der Waals surface area (Å²) in [4.78, 5) is 32.8. The maximum Gasteiger partial charge on any atom is 0.319 e. The largest absolute Gasteiger partial charge is 0.331 e. The van der Waals surface area contributed by atoms with Crippen molar-refractivity contribution in [3.63, 3.8) is 0 Å². The Kier molecular flexibility index (Phi) is 6.23. The lowest BCUT2D eigenvalue weighted by Crippen LogP contribution is -2.45. The van der Waals surface area contributed by atoms with Gasteiger partial charge in [0.1, 0.15) is 0 Å². The standard InChI is InChI=1S/C19H22F2N4O2S/c1-24(2)19(27)25-7-5-13(6-8-25)17(26)23-18-22-11-14(28-18)9-12-3-4-15(20)16(21)10-12/h3-4,10-11,13H,5-9H2,1-2H3,(H,22,23,26). The minimum Gasteiger partial charge on any atom is -0.331 e. The van der Waals surface area contributed by atoms with Crippen molar-refractivity contribution in [2.24, 2.45) is 5.92 Å². The quantitative estimate of drug-likeness (QED) is 0.844. The molecule has 0 unspecified atom stereocenters. The maximum atomic E-state index is 13.3. The van der Waals surface area contributed by atoms with Gasteiger partial charge in [-0.1, -0.05) is 6.07 Å². The van der Waals surface area contributed by atoms with Crippen molar-refractivity contribution in [1.29, 1.82) is 0 Å². The van der Waals surface area contributed by atoms with E-state index < -0.39 is 11.6 Å². The zero-order valence-electron chi connectivity index (χ0n) is 15.7. The topological polar surface area (TPSA) is 65.5 Å². The predicted molar refractivity (Wildman–Crippen MR) is 103 cm³/mol. The van der Waals surface area contributed by atoms with Crippen LogP contribution in [0.2, 0.25) is 0 Å². The Morgan fingerprint density at radius 3 is 2.61 bits per heavy atom. The first-order valence-corrected chi connectivity index (χ1v) is 9.81. The molecule has 1 fully saturated rings. The van der Waals surface area contributed by atoms with Crippen molar-refractivity contribution in [3.05, 3.63) is 46.5 Å². The van der Waals surface area contributed by atoms with Crippen molar-refractivity contribution in [2.45, 2.75) is 19.3 Å². The summed E-state index contributed by atoms with van der Waals surface area (Å²) in [7, 11) is 3.42. The lowest BCUT2D eigenvalue weighted by molar-refractivity contribution is -0.121. The van der Waals surface area contributed by atoms with Crippen LogP contribution in [0.5, 0.6) is 0 Å². The number of hydrogen-bond acceptors (Lipinski definition) is 4. The van der Waals surface area contributed by atoms with Gasteiger partial charge in [-0.3, -0.25) is 4.79 Å². The Hall–Kier alpha value is -2.55. The highest BCUT2D eigenvalue weighted by atomic mass is 32.1. The number of urea groups is 1. The Morgan fingerprint density at radius 1 is 1.25 bits per heavy atom. The van der Waals surface area contributed by atoms with Crippen molar-refractivity contribution in [3.8, 4) is 0 Å². The first kappa shape index (κ1) is 20.2. The van der Waals surface area contributed by atoms with Crippen LogP contribution in [-0.4, -0.2) is 53.9 Å². The second-order valence-electron chi connectivity index (χ2n) is 6.98. The molecule has 28 heavy (non-hydrogen) atoms. The Morgan fingerprint density at radius 2 is 1.96 bits per heavy atom. The lowest BCUT2D eigenvalue weighted by atomic mass is 9.96. The van der Waals surface area contributed by atoms with Gasteiger partial charge in [-0.25, -0.2) is 18.6 Å². The molecule has 0 bridgehead atoms. The zero-order valence-corrected chi connectivity index (χ0v) is 16.6. The van der Waals surface area contributed by atoms with Crippen LogP contribution in [0.1, 0.15) is 23.3 Å². The van der Waals surface area contributed by atoms with Crippen LogP contribution >= 0.6 is 11.3 Å². The van der Waals surface area contributed by atoms with E-state index in [4.69, 9.17) is 0 Å². The first-order valence-electron chi connectivity index (χ1n) is 8.99. The average molecular weight is 408 g/mol. The van der Waals surface area contributed by atoms with Gasteiger partial charge in [0.25, 0.3) is 0 Å². The Bertz CT molecular complexity index is 863. The smallest absolute Gasteiger partial charge is 0.319 e. The number of amides is 3. The molecule has 2 heterocycles. The van der Waals surface area contributed by atoms with Crippen molar-refractivity contribution < 1.29 is 18.4 Å². The van der Waals surface area contributed by atoms with E-state index in [1.54, 1.807) is 25.2 Å². The summed E-state index contributed by atoms with van der Waals surface area (Å²) in [6, 6.07) is 3.75. The molecule has 0 spiro atoms. The second kappa shape index (κ2) is 8.64. The van der Waals surface area contributed by atoms with Crippen LogP contribution in [0, 0.1) is 17.6 Å². The van der Waals surface area contributed by atoms with Gasteiger partial charge in [0.05, 0.1) is 0 Å². The molecule has 1 aliphatic rings. The fourth-order valence-electron chi connectivity index (χ4n) is 3.12. The summed E-state index contributed by atoms with van der Waals surface area (Å²) in [5.41, 5.74) is 0.637. The van der Waals surface area contributed by atoms with Crippen molar-refractivity contribution in [2.75, 3.05) is 32.5 Å².